The summed E-state index contributed by atoms with van der Waals surface area (Å²) in [5, 5.41) is 0. The highest BCUT2D eigenvalue weighted by Crippen LogP contribution is 2.22. The van der Waals surface area contributed by atoms with Crippen LogP contribution in [0.15, 0.2) is 41.6 Å². The Balaban J connectivity index is 1.69. The molecule has 1 N–H and O–H groups in total. The predicted molar refractivity (Wildman–Crippen MR) is 91.9 cm³/mol. The number of fused-ring (bicyclic) bond motifs is 2. The van der Waals surface area contributed by atoms with Gasteiger partial charge in [0.15, 0.2) is 5.65 Å². The standard InChI is InChI=1S/C17H16N6O2/c24-17-20-13-8-18-16(22-10-19-12-5-1-2-6-14(12)22)21-15(13)23(17)11-4-3-7-25-9-11/h1-2,5-6,8,10-11H,3-4,7,9H2,(H,20,24). The second-order valence-electron chi connectivity index (χ2n) is 6.18. The molecular formula is C17H16N6O2. The maximum absolute atomic E-state index is 12.4. The van der Waals surface area contributed by atoms with Crippen molar-refractivity contribution in [1.82, 2.24) is 29.1 Å². The molecule has 0 radical (unpaired) electrons. The average Bonchev–Trinajstić information content (AvgIpc) is 3.22. The molecule has 0 spiro atoms. The van der Waals surface area contributed by atoms with E-state index in [9.17, 15) is 4.79 Å². The van der Waals surface area contributed by atoms with E-state index in [1.807, 2.05) is 28.8 Å². The zero-order valence-electron chi connectivity index (χ0n) is 13.4. The Bertz CT molecular complexity index is 1120. The summed E-state index contributed by atoms with van der Waals surface area (Å²) >= 11 is 0. The Morgan fingerprint density at radius 2 is 2.16 bits per heavy atom. The number of rotatable bonds is 2. The fourth-order valence-electron chi connectivity index (χ4n) is 3.41. The number of aromatic amines is 1. The molecule has 3 aromatic heterocycles. The quantitative estimate of drug-likeness (QED) is 0.603. The Morgan fingerprint density at radius 3 is 3.04 bits per heavy atom. The fraction of sp³-hybridized carbons (Fsp3) is 0.294. The summed E-state index contributed by atoms with van der Waals surface area (Å²) in [5.41, 5.74) is 2.85. The van der Waals surface area contributed by atoms with Crippen LogP contribution in [0, 0.1) is 0 Å². The van der Waals surface area contributed by atoms with E-state index in [1.54, 1.807) is 17.1 Å². The van der Waals surface area contributed by atoms with Crippen molar-refractivity contribution in [3.63, 3.8) is 0 Å². The smallest absolute Gasteiger partial charge is 0.328 e. The first-order valence-corrected chi connectivity index (χ1v) is 8.29. The van der Waals surface area contributed by atoms with E-state index in [2.05, 4.69) is 19.9 Å². The van der Waals surface area contributed by atoms with Crippen LogP contribution in [0.25, 0.3) is 28.1 Å². The minimum absolute atomic E-state index is 0.00252. The Hall–Kier alpha value is -3.00. The number of hydrogen-bond donors (Lipinski definition) is 1. The monoisotopic (exact) mass is 336 g/mol. The molecule has 1 fully saturated rings. The summed E-state index contributed by atoms with van der Waals surface area (Å²) in [4.78, 5) is 28.7. The third kappa shape index (κ3) is 2.25. The van der Waals surface area contributed by atoms with Gasteiger partial charge in [0.1, 0.15) is 11.8 Å². The van der Waals surface area contributed by atoms with Crippen molar-refractivity contribution in [1.29, 1.82) is 0 Å². The van der Waals surface area contributed by atoms with Crippen LogP contribution >= 0.6 is 0 Å². The van der Waals surface area contributed by atoms with Crippen LogP contribution in [0.2, 0.25) is 0 Å². The number of benzene rings is 1. The average molecular weight is 336 g/mol. The lowest BCUT2D eigenvalue weighted by molar-refractivity contribution is 0.0593. The van der Waals surface area contributed by atoms with Gasteiger partial charge in [-0.15, -0.1) is 0 Å². The van der Waals surface area contributed by atoms with Gasteiger partial charge in [-0.25, -0.2) is 14.8 Å². The van der Waals surface area contributed by atoms with Gasteiger partial charge in [0.2, 0.25) is 5.95 Å². The molecule has 0 aliphatic carbocycles. The lowest BCUT2D eigenvalue weighted by Crippen LogP contribution is -2.29. The van der Waals surface area contributed by atoms with Gasteiger partial charge in [0.25, 0.3) is 0 Å². The van der Waals surface area contributed by atoms with Crippen molar-refractivity contribution in [2.45, 2.75) is 18.9 Å². The molecule has 0 amide bonds. The van der Waals surface area contributed by atoms with Crippen molar-refractivity contribution in [2.75, 3.05) is 13.2 Å². The molecule has 1 saturated heterocycles. The van der Waals surface area contributed by atoms with Gasteiger partial charge >= 0.3 is 5.69 Å². The molecular weight excluding hydrogens is 320 g/mol. The van der Waals surface area contributed by atoms with Gasteiger partial charge in [0, 0.05) is 6.61 Å². The summed E-state index contributed by atoms with van der Waals surface area (Å²) < 4.78 is 9.06. The van der Waals surface area contributed by atoms with E-state index in [1.165, 1.54) is 0 Å². The van der Waals surface area contributed by atoms with Crippen molar-refractivity contribution >= 4 is 22.2 Å². The molecule has 0 saturated carbocycles. The summed E-state index contributed by atoms with van der Waals surface area (Å²) in [6, 6.07) is 7.80. The second-order valence-corrected chi connectivity index (χ2v) is 6.18. The van der Waals surface area contributed by atoms with Gasteiger partial charge in [-0.3, -0.25) is 9.13 Å². The van der Waals surface area contributed by atoms with Gasteiger partial charge < -0.3 is 9.72 Å². The van der Waals surface area contributed by atoms with E-state index in [0.717, 1.165) is 30.5 Å². The number of aromatic nitrogens is 6. The summed E-state index contributed by atoms with van der Waals surface area (Å²) in [6.45, 7) is 1.27. The highest BCUT2D eigenvalue weighted by Gasteiger charge is 2.22. The summed E-state index contributed by atoms with van der Waals surface area (Å²) in [7, 11) is 0. The topological polar surface area (TPSA) is 90.6 Å². The number of nitrogens with one attached hydrogen (secondary N) is 1. The number of ether oxygens (including phenoxy) is 1. The maximum atomic E-state index is 12.4. The zero-order chi connectivity index (χ0) is 16.8. The van der Waals surface area contributed by atoms with Gasteiger partial charge in [-0.2, -0.15) is 4.98 Å². The van der Waals surface area contributed by atoms with Crippen LogP contribution in [0.4, 0.5) is 0 Å². The minimum atomic E-state index is -0.174. The Morgan fingerprint density at radius 1 is 1.24 bits per heavy atom. The molecule has 126 valence electrons. The Labute approximate surface area is 142 Å². The lowest BCUT2D eigenvalue weighted by atomic mass is 10.1. The summed E-state index contributed by atoms with van der Waals surface area (Å²) in [6.07, 6.45) is 5.19. The number of hydrogen-bond acceptors (Lipinski definition) is 5. The first-order valence-electron chi connectivity index (χ1n) is 8.29. The van der Waals surface area contributed by atoms with Crippen LogP contribution in [-0.4, -0.2) is 42.3 Å². The fourth-order valence-corrected chi connectivity index (χ4v) is 3.41. The van der Waals surface area contributed by atoms with Crippen LogP contribution in [-0.2, 0) is 4.74 Å². The van der Waals surface area contributed by atoms with Crippen LogP contribution < -0.4 is 5.69 Å². The van der Waals surface area contributed by atoms with Crippen molar-refractivity contribution < 1.29 is 4.74 Å². The molecule has 4 aromatic rings. The third-order valence-electron chi connectivity index (χ3n) is 4.61. The van der Waals surface area contributed by atoms with Gasteiger partial charge in [-0.05, 0) is 25.0 Å². The van der Waals surface area contributed by atoms with Crippen LogP contribution in [0.1, 0.15) is 18.9 Å². The number of nitrogens with zero attached hydrogens (tertiary/aromatic N) is 5. The number of para-hydroxylation sites is 2. The molecule has 5 rings (SSSR count). The number of imidazole rings is 2. The molecule has 1 aliphatic rings. The van der Waals surface area contributed by atoms with Crippen molar-refractivity contribution in [3.8, 4) is 5.95 Å². The number of H-pyrrole nitrogens is 1. The molecule has 8 heteroatoms. The van der Waals surface area contributed by atoms with Crippen molar-refractivity contribution in [2.24, 2.45) is 0 Å². The maximum Gasteiger partial charge on any atom is 0.328 e. The van der Waals surface area contributed by atoms with E-state index in [4.69, 9.17) is 4.74 Å². The molecule has 0 bridgehead atoms. The molecule has 25 heavy (non-hydrogen) atoms. The first kappa shape index (κ1) is 14.4. The highest BCUT2D eigenvalue weighted by atomic mass is 16.5. The lowest BCUT2D eigenvalue weighted by Gasteiger charge is -2.22. The Kier molecular flexibility index (Phi) is 3.17. The van der Waals surface area contributed by atoms with Crippen LogP contribution in [0.3, 0.4) is 0 Å². The summed E-state index contributed by atoms with van der Waals surface area (Å²) in [5.74, 6) is 0.491. The minimum Gasteiger partial charge on any atom is -0.379 e. The van der Waals surface area contributed by atoms with E-state index in [-0.39, 0.29) is 11.7 Å². The third-order valence-corrected chi connectivity index (χ3v) is 4.61. The first-order chi connectivity index (χ1) is 12.3. The van der Waals surface area contributed by atoms with E-state index in [0.29, 0.717) is 23.7 Å². The highest BCUT2D eigenvalue weighted by molar-refractivity contribution is 5.77. The SMILES string of the molecule is O=c1[nH]c2cnc(-n3cnc4ccccc43)nc2n1C1CCCOC1. The van der Waals surface area contributed by atoms with Gasteiger partial charge in [0.05, 0.1) is 29.9 Å². The van der Waals surface area contributed by atoms with E-state index >= 15 is 0 Å². The van der Waals surface area contributed by atoms with Crippen LogP contribution in [0.5, 0.6) is 0 Å². The largest absolute Gasteiger partial charge is 0.379 e. The van der Waals surface area contributed by atoms with E-state index < -0.39 is 0 Å². The normalized spacial score (nSPS) is 18.2. The molecule has 8 nitrogen and oxygen atoms in total. The molecule has 1 unspecified atom stereocenters. The van der Waals surface area contributed by atoms with Crippen molar-refractivity contribution in [3.05, 3.63) is 47.3 Å². The molecule has 1 aromatic carbocycles. The molecule has 1 atom stereocenters. The predicted octanol–water partition coefficient (Wildman–Crippen LogP) is 1.81. The second kappa shape index (κ2) is 5.52. The zero-order valence-corrected chi connectivity index (χ0v) is 13.4. The molecule has 1 aliphatic heterocycles. The van der Waals surface area contributed by atoms with Gasteiger partial charge in [-0.1, -0.05) is 12.1 Å². The molecule has 4 heterocycles.